The van der Waals surface area contributed by atoms with Crippen molar-refractivity contribution in [1.82, 2.24) is 19.9 Å². The van der Waals surface area contributed by atoms with Gasteiger partial charge < -0.3 is 4.90 Å². The lowest BCUT2D eigenvalue weighted by molar-refractivity contribution is 0.0784. The van der Waals surface area contributed by atoms with Crippen LogP contribution in [-0.4, -0.2) is 38.9 Å². The van der Waals surface area contributed by atoms with Gasteiger partial charge in [-0.2, -0.15) is 0 Å². The molecule has 1 aromatic heterocycles. The molecular formula is C20H18ClFN4O. The van der Waals surface area contributed by atoms with Crippen molar-refractivity contribution < 1.29 is 9.18 Å². The van der Waals surface area contributed by atoms with Crippen molar-refractivity contribution >= 4 is 17.5 Å². The molecule has 1 aliphatic rings. The predicted molar refractivity (Wildman–Crippen MR) is 100 cm³/mol. The Hall–Kier alpha value is -2.73. The molecule has 5 nitrogen and oxygen atoms in total. The summed E-state index contributed by atoms with van der Waals surface area (Å²) in [5.74, 6) is -0.393. The lowest BCUT2D eigenvalue weighted by Gasteiger charge is -2.15. The maximum atomic E-state index is 14.0. The van der Waals surface area contributed by atoms with Gasteiger partial charge in [0.25, 0.3) is 5.91 Å². The summed E-state index contributed by atoms with van der Waals surface area (Å²) < 4.78 is 15.6. The van der Waals surface area contributed by atoms with Crippen LogP contribution in [0, 0.1) is 5.82 Å². The second-order valence-electron chi connectivity index (χ2n) is 6.65. The summed E-state index contributed by atoms with van der Waals surface area (Å²) in [6.07, 6.45) is 2.36. The van der Waals surface area contributed by atoms with Gasteiger partial charge in [0.1, 0.15) is 5.82 Å². The zero-order valence-electron chi connectivity index (χ0n) is 14.6. The summed E-state index contributed by atoms with van der Waals surface area (Å²) in [6, 6.07) is 14.2. The summed E-state index contributed by atoms with van der Waals surface area (Å²) in [7, 11) is 0. The van der Waals surface area contributed by atoms with Crippen molar-refractivity contribution in [2.24, 2.45) is 0 Å². The lowest BCUT2D eigenvalue weighted by Crippen LogP contribution is -2.28. The quantitative estimate of drug-likeness (QED) is 0.688. The van der Waals surface area contributed by atoms with Crippen LogP contribution in [0.4, 0.5) is 4.39 Å². The van der Waals surface area contributed by atoms with Crippen LogP contribution < -0.4 is 0 Å². The summed E-state index contributed by atoms with van der Waals surface area (Å²) >= 11 is 6.17. The molecule has 0 aliphatic carbocycles. The molecule has 0 saturated carbocycles. The molecule has 1 saturated heterocycles. The van der Waals surface area contributed by atoms with Gasteiger partial charge in [-0.15, -0.1) is 5.10 Å². The minimum atomic E-state index is -0.220. The topological polar surface area (TPSA) is 51.0 Å². The first-order valence-corrected chi connectivity index (χ1v) is 9.17. The van der Waals surface area contributed by atoms with Gasteiger partial charge in [-0.1, -0.05) is 53.2 Å². The number of carbonyl (C=O) groups is 1. The Labute approximate surface area is 161 Å². The van der Waals surface area contributed by atoms with E-state index in [1.807, 2.05) is 30.3 Å². The molecule has 7 heteroatoms. The third-order valence-electron chi connectivity index (χ3n) is 4.87. The van der Waals surface area contributed by atoms with Gasteiger partial charge >= 0.3 is 0 Å². The van der Waals surface area contributed by atoms with Crippen LogP contribution in [0.15, 0.2) is 54.7 Å². The first kappa shape index (κ1) is 17.7. The highest BCUT2D eigenvalue weighted by atomic mass is 35.5. The third-order valence-corrected chi connectivity index (χ3v) is 5.24. The zero-order valence-corrected chi connectivity index (χ0v) is 15.3. The Bertz CT molecular complexity index is 974. The standard InChI is InChI=1S/C20H18ClFN4O/c21-17-7-3-1-5-15(17)12-26-13-19(23-24-26)20(27)25-10-9-14(11-25)16-6-2-4-8-18(16)22/h1-8,13-14H,9-12H2/t14-/m1/s1. The normalized spacial score (nSPS) is 16.7. The van der Waals surface area contributed by atoms with Crippen molar-refractivity contribution in [3.05, 3.63) is 82.4 Å². The van der Waals surface area contributed by atoms with Crippen molar-refractivity contribution in [3.8, 4) is 0 Å². The van der Waals surface area contributed by atoms with Crippen molar-refractivity contribution in [3.63, 3.8) is 0 Å². The van der Waals surface area contributed by atoms with Crippen LogP contribution in [0.25, 0.3) is 0 Å². The van der Waals surface area contributed by atoms with Crippen molar-refractivity contribution in [1.29, 1.82) is 0 Å². The molecule has 2 aromatic carbocycles. The van der Waals surface area contributed by atoms with Gasteiger partial charge in [0, 0.05) is 24.0 Å². The monoisotopic (exact) mass is 384 g/mol. The van der Waals surface area contributed by atoms with Crippen LogP contribution in [0.5, 0.6) is 0 Å². The van der Waals surface area contributed by atoms with Crippen LogP contribution in [0.3, 0.4) is 0 Å². The van der Waals surface area contributed by atoms with E-state index in [0.29, 0.717) is 30.2 Å². The fourth-order valence-electron chi connectivity index (χ4n) is 3.44. The minimum Gasteiger partial charge on any atom is -0.337 e. The first-order chi connectivity index (χ1) is 13.1. The summed E-state index contributed by atoms with van der Waals surface area (Å²) in [6.45, 7) is 1.50. The molecular weight excluding hydrogens is 367 g/mol. The molecule has 1 amide bonds. The smallest absolute Gasteiger partial charge is 0.276 e. The van der Waals surface area contributed by atoms with E-state index >= 15 is 0 Å². The number of nitrogens with zero attached hydrogens (tertiary/aromatic N) is 4. The lowest BCUT2D eigenvalue weighted by atomic mass is 9.98. The summed E-state index contributed by atoms with van der Waals surface area (Å²) in [4.78, 5) is 14.4. The highest BCUT2D eigenvalue weighted by Crippen LogP contribution is 2.29. The molecule has 2 heterocycles. The van der Waals surface area contributed by atoms with Gasteiger partial charge in [-0.05, 0) is 29.7 Å². The molecule has 0 bridgehead atoms. The number of hydrogen-bond donors (Lipinski definition) is 0. The molecule has 4 rings (SSSR count). The van der Waals surface area contributed by atoms with E-state index < -0.39 is 0 Å². The highest BCUT2D eigenvalue weighted by Gasteiger charge is 2.30. The van der Waals surface area contributed by atoms with E-state index in [0.717, 1.165) is 12.0 Å². The molecule has 27 heavy (non-hydrogen) atoms. The number of rotatable bonds is 4. The van der Waals surface area contributed by atoms with E-state index in [9.17, 15) is 9.18 Å². The Kier molecular flexibility index (Phi) is 4.90. The fourth-order valence-corrected chi connectivity index (χ4v) is 3.64. The first-order valence-electron chi connectivity index (χ1n) is 8.79. The molecule has 0 N–H and O–H groups in total. The van der Waals surface area contributed by atoms with Gasteiger partial charge in [-0.25, -0.2) is 9.07 Å². The largest absolute Gasteiger partial charge is 0.337 e. The summed E-state index contributed by atoms with van der Waals surface area (Å²) in [5, 5.41) is 8.69. The number of halogens is 2. The van der Waals surface area contributed by atoms with E-state index in [2.05, 4.69) is 10.3 Å². The predicted octanol–water partition coefficient (Wildman–Crippen LogP) is 3.75. The van der Waals surface area contributed by atoms with Gasteiger partial charge in [-0.3, -0.25) is 4.79 Å². The Morgan fingerprint density at radius 3 is 2.78 bits per heavy atom. The number of aromatic nitrogens is 3. The van der Waals surface area contributed by atoms with E-state index in [4.69, 9.17) is 11.6 Å². The maximum absolute atomic E-state index is 14.0. The number of benzene rings is 2. The van der Waals surface area contributed by atoms with Gasteiger partial charge in [0.15, 0.2) is 5.69 Å². The third kappa shape index (κ3) is 3.71. The SMILES string of the molecule is O=C(c1cn(Cc2ccccc2Cl)nn1)N1CC[C@@H](c2ccccc2F)C1. The van der Waals surface area contributed by atoms with Crippen LogP contribution >= 0.6 is 11.6 Å². The number of amides is 1. The van der Waals surface area contributed by atoms with Crippen LogP contribution in [-0.2, 0) is 6.54 Å². The Morgan fingerprint density at radius 1 is 1.19 bits per heavy atom. The fraction of sp³-hybridized carbons (Fsp3) is 0.250. The molecule has 0 unspecified atom stereocenters. The second kappa shape index (κ2) is 7.48. The van der Waals surface area contributed by atoms with Crippen LogP contribution in [0.2, 0.25) is 5.02 Å². The minimum absolute atomic E-state index is 0.00770. The van der Waals surface area contributed by atoms with E-state index in [1.54, 1.807) is 27.9 Å². The molecule has 1 fully saturated rings. The van der Waals surface area contributed by atoms with E-state index in [1.165, 1.54) is 6.07 Å². The second-order valence-corrected chi connectivity index (χ2v) is 7.06. The summed E-state index contributed by atoms with van der Waals surface area (Å²) in [5.41, 5.74) is 1.86. The molecule has 1 aliphatic heterocycles. The highest BCUT2D eigenvalue weighted by molar-refractivity contribution is 6.31. The molecule has 1 atom stereocenters. The zero-order chi connectivity index (χ0) is 18.8. The van der Waals surface area contributed by atoms with Crippen molar-refractivity contribution in [2.45, 2.75) is 18.9 Å². The van der Waals surface area contributed by atoms with Crippen molar-refractivity contribution in [2.75, 3.05) is 13.1 Å². The Morgan fingerprint density at radius 2 is 1.96 bits per heavy atom. The average molecular weight is 385 g/mol. The molecule has 0 spiro atoms. The van der Waals surface area contributed by atoms with Gasteiger partial charge in [0.05, 0.1) is 12.7 Å². The average Bonchev–Trinajstić information content (AvgIpc) is 3.33. The van der Waals surface area contributed by atoms with Gasteiger partial charge in [0.2, 0.25) is 0 Å². The molecule has 0 radical (unpaired) electrons. The number of carbonyl (C=O) groups excluding carboxylic acids is 1. The number of hydrogen-bond acceptors (Lipinski definition) is 3. The number of likely N-dealkylation sites (tertiary alicyclic amines) is 1. The molecule has 3 aromatic rings. The Balaban J connectivity index is 1.44. The van der Waals surface area contributed by atoms with E-state index in [-0.39, 0.29) is 23.3 Å². The maximum Gasteiger partial charge on any atom is 0.276 e. The molecule has 138 valence electrons. The van der Waals surface area contributed by atoms with Crippen LogP contribution in [0.1, 0.15) is 34.0 Å².